The van der Waals surface area contributed by atoms with Crippen LogP contribution < -0.4 is 10.6 Å². The molecule has 1 aliphatic heterocycles. The van der Waals surface area contributed by atoms with Gasteiger partial charge in [0.05, 0.1) is 12.3 Å². The van der Waals surface area contributed by atoms with Crippen molar-refractivity contribution in [1.29, 1.82) is 0 Å². The maximum atomic E-state index is 12.0. The van der Waals surface area contributed by atoms with Crippen molar-refractivity contribution in [3.05, 3.63) is 36.0 Å². The van der Waals surface area contributed by atoms with E-state index in [4.69, 9.17) is 8.94 Å². The molecule has 0 bridgehead atoms. The molecule has 0 aromatic carbocycles. The van der Waals surface area contributed by atoms with E-state index in [0.717, 1.165) is 18.8 Å². The first-order chi connectivity index (χ1) is 10.7. The lowest BCUT2D eigenvalue weighted by molar-refractivity contribution is 0.206. The van der Waals surface area contributed by atoms with Gasteiger partial charge in [-0.1, -0.05) is 5.16 Å². The Hall–Kier alpha value is -2.28. The Morgan fingerprint density at radius 3 is 2.91 bits per heavy atom. The molecule has 7 nitrogen and oxygen atoms in total. The summed E-state index contributed by atoms with van der Waals surface area (Å²) in [6.45, 7) is 4.31. The van der Waals surface area contributed by atoms with Crippen LogP contribution in [0.15, 0.2) is 33.4 Å². The standard InChI is InChI=1S/C15H20N4O3/c1-11-9-14(18-22-11)17-15(20)16-10-12(13-5-4-8-21-13)19-6-2-3-7-19/h4-5,8-9,12H,2-3,6-7,10H2,1H3,(H2,16,17,18,20). The Labute approximate surface area is 128 Å². The first kappa shape index (κ1) is 14.6. The van der Waals surface area contributed by atoms with Gasteiger partial charge in [0, 0.05) is 12.6 Å². The second-order valence-electron chi connectivity index (χ2n) is 5.43. The zero-order chi connectivity index (χ0) is 15.4. The van der Waals surface area contributed by atoms with E-state index in [9.17, 15) is 4.79 Å². The van der Waals surface area contributed by atoms with Crippen LogP contribution in [0.4, 0.5) is 10.6 Å². The monoisotopic (exact) mass is 304 g/mol. The quantitative estimate of drug-likeness (QED) is 0.887. The summed E-state index contributed by atoms with van der Waals surface area (Å²) in [5.41, 5.74) is 0. The molecule has 3 rings (SSSR count). The van der Waals surface area contributed by atoms with Gasteiger partial charge in [0.15, 0.2) is 5.82 Å². The van der Waals surface area contributed by atoms with E-state index in [-0.39, 0.29) is 12.1 Å². The lowest BCUT2D eigenvalue weighted by Gasteiger charge is -2.25. The van der Waals surface area contributed by atoms with Crippen LogP contribution in [0.1, 0.15) is 30.4 Å². The average Bonchev–Trinajstić information content (AvgIpc) is 3.22. The van der Waals surface area contributed by atoms with Crippen molar-refractivity contribution in [2.24, 2.45) is 0 Å². The van der Waals surface area contributed by atoms with Crippen molar-refractivity contribution in [2.75, 3.05) is 25.0 Å². The largest absolute Gasteiger partial charge is 0.468 e. The minimum Gasteiger partial charge on any atom is -0.468 e. The van der Waals surface area contributed by atoms with Gasteiger partial charge in [-0.25, -0.2) is 4.79 Å². The van der Waals surface area contributed by atoms with Gasteiger partial charge in [-0.3, -0.25) is 10.2 Å². The topological polar surface area (TPSA) is 83.5 Å². The highest BCUT2D eigenvalue weighted by atomic mass is 16.5. The zero-order valence-corrected chi connectivity index (χ0v) is 12.5. The summed E-state index contributed by atoms with van der Waals surface area (Å²) in [4.78, 5) is 14.3. The molecule has 0 spiro atoms. The van der Waals surface area contributed by atoms with Gasteiger partial charge in [0.2, 0.25) is 0 Å². The molecule has 7 heteroatoms. The number of carbonyl (C=O) groups is 1. The molecule has 1 unspecified atom stereocenters. The molecular formula is C15H20N4O3. The molecule has 2 aromatic rings. The number of hydrogen-bond donors (Lipinski definition) is 2. The van der Waals surface area contributed by atoms with Crippen molar-refractivity contribution in [3.8, 4) is 0 Å². The number of hydrogen-bond acceptors (Lipinski definition) is 5. The number of nitrogens with one attached hydrogen (secondary N) is 2. The Kier molecular flexibility index (Phi) is 4.43. The van der Waals surface area contributed by atoms with Crippen molar-refractivity contribution < 1.29 is 13.7 Å². The Bertz CT molecular complexity index is 602. The number of carbonyl (C=O) groups excluding carboxylic acids is 1. The average molecular weight is 304 g/mol. The molecule has 1 atom stereocenters. The molecule has 1 saturated heterocycles. The summed E-state index contributed by atoms with van der Waals surface area (Å²) in [5, 5.41) is 9.26. The lowest BCUT2D eigenvalue weighted by Crippen LogP contribution is -2.38. The highest BCUT2D eigenvalue weighted by Gasteiger charge is 2.25. The van der Waals surface area contributed by atoms with Crippen LogP contribution in [0.3, 0.4) is 0 Å². The normalized spacial score (nSPS) is 16.6. The zero-order valence-electron chi connectivity index (χ0n) is 12.5. The smallest absolute Gasteiger partial charge is 0.320 e. The summed E-state index contributed by atoms with van der Waals surface area (Å²) in [5.74, 6) is 1.94. The fraction of sp³-hybridized carbons (Fsp3) is 0.467. The number of rotatable bonds is 5. The molecule has 118 valence electrons. The van der Waals surface area contributed by atoms with Gasteiger partial charge < -0.3 is 14.3 Å². The summed E-state index contributed by atoms with van der Waals surface area (Å²) in [6, 6.07) is 5.25. The van der Waals surface area contributed by atoms with Gasteiger partial charge >= 0.3 is 6.03 Å². The van der Waals surface area contributed by atoms with Gasteiger partial charge in [-0.05, 0) is 45.0 Å². The predicted molar refractivity (Wildman–Crippen MR) is 80.5 cm³/mol. The van der Waals surface area contributed by atoms with Gasteiger partial charge in [-0.15, -0.1) is 0 Å². The first-order valence-electron chi connectivity index (χ1n) is 7.48. The SMILES string of the molecule is Cc1cc(NC(=O)NCC(c2ccco2)N2CCCC2)no1. The molecule has 1 fully saturated rings. The second kappa shape index (κ2) is 6.65. The molecule has 2 N–H and O–H groups in total. The number of urea groups is 1. The molecule has 2 aromatic heterocycles. The van der Waals surface area contributed by atoms with Crippen LogP contribution in [-0.4, -0.2) is 35.7 Å². The Morgan fingerprint density at radius 1 is 1.45 bits per heavy atom. The van der Waals surface area contributed by atoms with E-state index in [1.807, 2.05) is 12.1 Å². The molecule has 2 amide bonds. The molecule has 0 aliphatic carbocycles. The van der Waals surface area contributed by atoms with Crippen LogP contribution >= 0.6 is 0 Å². The highest BCUT2D eigenvalue weighted by molar-refractivity contribution is 5.88. The number of anilines is 1. The molecule has 3 heterocycles. The molecule has 0 radical (unpaired) electrons. The van der Waals surface area contributed by atoms with Crippen molar-refractivity contribution in [3.63, 3.8) is 0 Å². The first-order valence-corrected chi connectivity index (χ1v) is 7.48. The third kappa shape index (κ3) is 3.48. The number of furan rings is 1. The van der Waals surface area contributed by atoms with E-state index < -0.39 is 0 Å². The highest BCUT2D eigenvalue weighted by Crippen LogP contribution is 2.24. The van der Waals surface area contributed by atoms with Crippen molar-refractivity contribution in [2.45, 2.75) is 25.8 Å². The molecule has 22 heavy (non-hydrogen) atoms. The Balaban J connectivity index is 1.57. The van der Waals surface area contributed by atoms with Crippen molar-refractivity contribution >= 4 is 11.8 Å². The van der Waals surface area contributed by atoms with Crippen LogP contribution in [-0.2, 0) is 0 Å². The van der Waals surface area contributed by atoms with E-state index >= 15 is 0 Å². The summed E-state index contributed by atoms with van der Waals surface area (Å²) in [7, 11) is 0. The van der Waals surface area contributed by atoms with E-state index in [2.05, 4.69) is 20.7 Å². The third-order valence-electron chi connectivity index (χ3n) is 3.78. The fourth-order valence-corrected chi connectivity index (χ4v) is 2.72. The van der Waals surface area contributed by atoms with Crippen LogP contribution in [0.5, 0.6) is 0 Å². The molecule has 1 aliphatic rings. The third-order valence-corrected chi connectivity index (χ3v) is 3.78. The van der Waals surface area contributed by atoms with Gasteiger partial charge in [0.1, 0.15) is 11.5 Å². The number of aryl methyl sites for hydroxylation is 1. The minimum atomic E-state index is -0.302. The van der Waals surface area contributed by atoms with Crippen molar-refractivity contribution in [1.82, 2.24) is 15.4 Å². The number of amides is 2. The maximum absolute atomic E-state index is 12.0. The summed E-state index contributed by atoms with van der Waals surface area (Å²) >= 11 is 0. The van der Waals surface area contributed by atoms with E-state index in [1.54, 1.807) is 19.3 Å². The van der Waals surface area contributed by atoms with E-state index in [1.165, 1.54) is 12.8 Å². The number of likely N-dealkylation sites (tertiary alicyclic amines) is 1. The Morgan fingerprint density at radius 2 is 2.27 bits per heavy atom. The molecular weight excluding hydrogens is 284 g/mol. The van der Waals surface area contributed by atoms with E-state index in [0.29, 0.717) is 18.1 Å². The van der Waals surface area contributed by atoms with Crippen LogP contribution in [0, 0.1) is 6.92 Å². The number of nitrogens with zero attached hydrogens (tertiary/aromatic N) is 2. The van der Waals surface area contributed by atoms with Crippen LogP contribution in [0.2, 0.25) is 0 Å². The van der Waals surface area contributed by atoms with Gasteiger partial charge in [-0.2, -0.15) is 0 Å². The lowest BCUT2D eigenvalue weighted by atomic mass is 10.2. The summed E-state index contributed by atoms with van der Waals surface area (Å²) < 4.78 is 10.4. The number of aromatic nitrogens is 1. The van der Waals surface area contributed by atoms with Gasteiger partial charge in [0.25, 0.3) is 0 Å². The molecule has 0 saturated carbocycles. The second-order valence-corrected chi connectivity index (χ2v) is 5.43. The minimum absolute atomic E-state index is 0.0577. The fourth-order valence-electron chi connectivity index (χ4n) is 2.72. The summed E-state index contributed by atoms with van der Waals surface area (Å²) in [6.07, 6.45) is 4.03. The predicted octanol–water partition coefficient (Wildman–Crippen LogP) is 2.53. The maximum Gasteiger partial charge on any atom is 0.320 e. The van der Waals surface area contributed by atoms with Crippen LogP contribution in [0.25, 0.3) is 0 Å².